The van der Waals surface area contributed by atoms with Gasteiger partial charge in [0.1, 0.15) is 0 Å². The highest BCUT2D eigenvalue weighted by Gasteiger charge is 2.19. The maximum absolute atomic E-state index is 12.3. The van der Waals surface area contributed by atoms with Gasteiger partial charge >= 0.3 is 5.97 Å². The standard InChI is InChI=1S/C18H21N3O4S/c1-11(2)17(25)21-18-19-13(10-26-18)8-15(22)20-14(9-16(23)24)12-6-4-3-5-7-12/h3-7,10-11,14H,8-9H2,1-2H3,(H,20,22)(H,23,24)(H,19,21,25). The van der Waals surface area contributed by atoms with Gasteiger partial charge < -0.3 is 15.7 Å². The number of thiazole rings is 1. The van der Waals surface area contributed by atoms with Crippen LogP contribution in [-0.2, 0) is 20.8 Å². The van der Waals surface area contributed by atoms with Crippen LogP contribution in [0.5, 0.6) is 0 Å². The number of nitrogens with one attached hydrogen (secondary N) is 2. The molecule has 8 heteroatoms. The molecule has 0 aliphatic heterocycles. The minimum absolute atomic E-state index is 0.0109. The van der Waals surface area contributed by atoms with Crippen LogP contribution in [0, 0.1) is 5.92 Å². The second kappa shape index (κ2) is 9.10. The molecule has 2 rings (SSSR count). The molecule has 3 N–H and O–H groups in total. The van der Waals surface area contributed by atoms with Crippen molar-refractivity contribution in [2.75, 3.05) is 5.32 Å². The monoisotopic (exact) mass is 375 g/mol. The quantitative estimate of drug-likeness (QED) is 0.657. The van der Waals surface area contributed by atoms with Gasteiger partial charge in [-0.2, -0.15) is 0 Å². The molecule has 0 saturated heterocycles. The third-order valence-corrected chi connectivity index (χ3v) is 4.37. The Kier molecular flexibility index (Phi) is 6.85. The maximum atomic E-state index is 12.3. The lowest BCUT2D eigenvalue weighted by Gasteiger charge is -2.17. The average molecular weight is 375 g/mol. The predicted molar refractivity (Wildman–Crippen MR) is 98.9 cm³/mol. The average Bonchev–Trinajstić information content (AvgIpc) is 3.01. The van der Waals surface area contributed by atoms with Crippen molar-refractivity contribution in [3.63, 3.8) is 0 Å². The predicted octanol–water partition coefficient (Wildman–Crippen LogP) is 2.61. The number of aliphatic carboxylic acids is 1. The van der Waals surface area contributed by atoms with E-state index in [1.54, 1.807) is 43.5 Å². The number of carboxylic acids is 1. The van der Waals surface area contributed by atoms with Crippen molar-refractivity contribution in [3.05, 3.63) is 47.0 Å². The van der Waals surface area contributed by atoms with Crippen molar-refractivity contribution < 1.29 is 19.5 Å². The number of aromatic nitrogens is 1. The summed E-state index contributed by atoms with van der Waals surface area (Å²) in [4.78, 5) is 39.3. The third-order valence-electron chi connectivity index (χ3n) is 3.56. The van der Waals surface area contributed by atoms with Crippen LogP contribution in [0.3, 0.4) is 0 Å². The molecule has 138 valence electrons. The fourth-order valence-electron chi connectivity index (χ4n) is 2.22. The number of carboxylic acid groups (broad SMARTS) is 1. The molecule has 1 heterocycles. The van der Waals surface area contributed by atoms with Crippen molar-refractivity contribution in [3.8, 4) is 0 Å². The summed E-state index contributed by atoms with van der Waals surface area (Å²) < 4.78 is 0. The second-order valence-electron chi connectivity index (χ2n) is 6.09. The molecule has 26 heavy (non-hydrogen) atoms. The van der Waals surface area contributed by atoms with E-state index in [9.17, 15) is 14.4 Å². The van der Waals surface area contributed by atoms with Crippen LogP contribution in [0.4, 0.5) is 5.13 Å². The molecular formula is C18H21N3O4S. The summed E-state index contributed by atoms with van der Waals surface area (Å²) in [6.07, 6.45) is -0.195. The van der Waals surface area contributed by atoms with Gasteiger partial charge in [-0.1, -0.05) is 44.2 Å². The fourth-order valence-corrected chi connectivity index (χ4v) is 2.93. The maximum Gasteiger partial charge on any atom is 0.305 e. The van der Waals surface area contributed by atoms with E-state index in [2.05, 4.69) is 15.6 Å². The molecule has 0 aliphatic rings. The van der Waals surface area contributed by atoms with E-state index in [1.807, 2.05) is 6.07 Å². The molecule has 1 aromatic carbocycles. The Morgan fingerprint density at radius 1 is 1.19 bits per heavy atom. The van der Waals surface area contributed by atoms with Crippen LogP contribution >= 0.6 is 11.3 Å². The molecule has 1 unspecified atom stereocenters. The van der Waals surface area contributed by atoms with Crippen molar-refractivity contribution in [1.82, 2.24) is 10.3 Å². The summed E-state index contributed by atoms with van der Waals surface area (Å²) >= 11 is 1.25. The van der Waals surface area contributed by atoms with Crippen molar-refractivity contribution in [1.29, 1.82) is 0 Å². The molecule has 2 aromatic rings. The molecule has 1 aromatic heterocycles. The van der Waals surface area contributed by atoms with Crippen molar-refractivity contribution >= 4 is 34.3 Å². The van der Waals surface area contributed by atoms with Gasteiger partial charge in [0.25, 0.3) is 0 Å². The Morgan fingerprint density at radius 2 is 1.88 bits per heavy atom. The fraction of sp³-hybridized carbons (Fsp3) is 0.333. The molecule has 0 fully saturated rings. The summed E-state index contributed by atoms with van der Waals surface area (Å²) in [5.74, 6) is -1.62. The van der Waals surface area contributed by atoms with Crippen LogP contribution in [0.1, 0.15) is 37.6 Å². The van der Waals surface area contributed by atoms with Gasteiger partial charge in [-0.3, -0.25) is 14.4 Å². The van der Waals surface area contributed by atoms with Gasteiger partial charge in [-0.05, 0) is 5.56 Å². The van der Waals surface area contributed by atoms with Gasteiger partial charge in [-0.15, -0.1) is 11.3 Å². The van der Waals surface area contributed by atoms with E-state index in [0.717, 1.165) is 5.56 Å². The van der Waals surface area contributed by atoms with Crippen LogP contribution in [0.25, 0.3) is 0 Å². The third kappa shape index (κ3) is 5.96. The van der Waals surface area contributed by atoms with Gasteiger partial charge in [0.05, 0.1) is 24.6 Å². The van der Waals surface area contributed by atoms with Crippen LogP contribution < -0.4 is 10.6 Å². The summed E-state index contributed by atoms with van der Waals surface area (Å²) in [5.41, 5.74) is 1.25. The highest BCUT2D eigenvalue weighted by molar-refractivity contribution is 7.13. The number of anilines is 1. The topological polar surface area (TPSA) is 108 Å². The number of nitrogens with zero attached hydrogens (tertiary/aromatic N) is 1. The minimum Gasteiger partial charge on any atom is -0.481 e. The number of hydrogen-bond acceptors (Lipinski definition) is 5. The Hall–Kier alpha value is -2.74. The highest BCUT2D eigenvalue weighted by atomic mass is 32.1. The van der Waals surface area contributed by atoms with E-state index in [1.165, 1.54) is 11.3 Å². The first-order valence-electron chi connectivity index (χ1n) is 8.16. The lowest BCUT2D eigenvalue weighted by molar-refractivity contribution is -0.137. The van der Waals surface area contributed by atoms with Gasteiger partial charge in [0, 0.05) is 11.3 Å². The first kappa shape index (κ1) is 19.6. The van der Waals surface area contributed by atoms with Crippen LogP contribution in [0.15, 0.2) is 35.7 Å². The smallest absolute Gasteiger partial charge is 0.305 e. The van der Waals surface area contributed by atoms with Gasteiger partial charge in [0.15, 0.2) is 5.13 Å². The molecule has 0 bridgehead atoms. The van der Waals surface area contributed by atoms with E-state index < -0.39 is 12.0 Å². The first-order chi connectivity index (χ1) is 12.3. The normalized spacial score (nSPS) is 11.8. The zero-order valence-electron chi connectivity index (χ0n) is 14.6. The zero-order valence-corrected chi connectivity index (χ0v) is 15.4. The van der Waals surface area contributed by atoms with Crippen LogP contribution in [-0.4, -0.2) is 27.9 Å². The SMILES string of the molecule is CC(C)C(=O)Nc1nc(CC(=O)NC(CC(=O)O)c2ccccc2)cs1. The first-order valence-corrected chi connectivity index (χ1v) is 9.04. The van der Waals surface area contributed by atoms with E-state index in [0.29, 0.717) is 10.8 Å². The van der Waals surface area contributed by atoms with E-state index in [4.69, 9.17) is 5.11 Å². The number of hydrogen-bond donors (Lipinski definition) is 3. The van der Waals surface area contributed by atoms with Gasteiger partial charge in [0.2, 0.25) is 11.8 Å². The Morgan fingerprint density at radius 3 is 2.50 bits per heavy atom. The lowest BCUT2D eigenvalue weighted by atomic mass is 10.0. The van der Waals surface area contributed by atoms with Crippen molar-refractivity contribution in [2.24, 2.45) is 5.92 Å². The summed E-state index contributed by atoms with van der Waals surface area (Å²) in [5, 5.41) is 16.6. The summed E-state index contributed by atoms with van der Waals surface area (Å²) in [7, 11) is 0. The lowest BCUT2D eigenvalue weighted by Crippen LogP contribution is -2.31. The Balaban J connectivity index is 1.99. The second-order valence-corrected chi connectivity index (χ2v) is 6.95. The molecule has 0 radical (unpaired) electrons. The Bertz CT molecular complexity index is 774. The number of carbonyl (C=O) groups is 3. The molecule has 2 amide bonds. The van der Waals surface area contributed by atoms with Crippen LogP contribution in [0.2, 0.25) is 0 Å². The highest BCUT2D eigenvalue weighted by Crippen LogP contribution is 2.19. The zero-order chi connectivity index (χ0) is 19.1. The summed E-state index contributed by atoms with van der Waals surface area (Å²) in [6, 6.07) is 8.35. The Labute approximate surface area is 155 Å². The minimum atomic E-state index is -0.994. The molecule has 1 atom stereocenters. The van der Waals surface area contributed by atoms with E-state index >= 15 is 0 Å². The molecule has 0 spiro atoms. The largest absolute Gasteiger partial charge is 0.481 e. The van der Waals surface area contributed by atoms with E-state index in [-0.39, 0.29) is 30.6 Å². The van der Waals surface area contributed by atoms with Crippen molar-refractivity contribution in [2.45, 2.75) is 32.7 Å². The van der Waals surface area contributed by atoms with Gasteiger partial charge in [-0.25, -0.2) is 4.98 Å². The molecule has 0 saturated carbocycles. The molecular weight excluding hydrogens is 354 g/mol. The number of rotatable bonds is 8. The molecule has 7 nitrogen and oxygen atoms in total. The number of carbonyl (C=O) groups excluding carboxylic acids is 2. The molecule has 0 aliphatic carbocycles. The summed E-state index contributed by atoms with van der Waals surface area (Å²) in [6.45, 7) is 3.56. The number of amides is 2. The number of benzene rings is 1.